The van der Waals surface area contributed by atoms with E-state index < -0.39 is 0 Å². The minimum atomic E-state index is -0.172. The Kier molecular flexibility index (Phi) is 4.55. The number of ketones is 1. The van der Waals surface area contributed by atoms with Gasteiger partial charge in [0, 0.05) is 25.3 Å². The van der Waals surface area contributed by atoms with Crippen molar-refractivity contribution >= 4 is 17.4 Å². The fraction of sp³-hybridized carbons (Fsp3) is 0.467. The lowest BCUT2D eigenvalue weighted by Crippen LogP contribution is -2.29. The molecule has 0 saturated carbocycles. The van der Waals surface area contributed by atoms with Gasteiger partial charge in [-0.25, -0.2) is 0 Å². The van der Waals surface area contributed by atoms with Crippen LogP contribution in [0.5, 0.6) is 0 Å². The molecule has 0 aromatic heterocycles. The maximum absolute atomic E-state index is 11.3. The molecule has 2 rings (SSSR count). The van der Waals surface area contributed by atoms with Gasteiger partial charge in [-0.3, -0.25) is 9.59 Å². The van der Waals surface area contributed by atoms with Crippen molar-refractivity contribution in [3.05, 3.63) is 29.8 Å². The van der Waals surface area contributed by atoms with Crippen molar-refractivity contribution in [1.29, 1.82) is 0 Å². The highest BCUT2D eigenvalue weighted by molar-refractivity contribution is 5.96. The highest BCUT2D eigenvalue weighted by Gasteiger charge is 2.17. The Hall–Kier alpha value is -1.84. The molecule has 0 atom stereocenters. The molecule has 1 aliphatic rings. The average Bonchev–Trinajstić information content (AvgIpc) is 2.77. The van der Waals surface area contributed by atoms with E-state index in [2.05, 4.69) is 34.5 Å². The summed E-state index contributed by atoms with van der Waals surface area (Å²) < 4.78 is 0. The molecule has 19 heavy (non-hydrogen) atoms. The Bertz CT molecular complexity index is 471. The lowest BCUT2D eigenvalue weighted by Gasteiger charge is -2.19. The number of Topliss-reactive ketones (excluding diaryl/α,β-unsaturated/α-hetero) is 1. The zero-order valence-electron chi connectivity index (χ0n) is 11.3. The predicted octanol–water partition coefficient (Wildman–Crippen LogP) is 1.53. The molecule has 1 aliphatic heterocycles. The van der Waals surface area contributed by atoms with Crippen molar-refractivity contribution in [3.63, 3.8) is 0 Å². The summed E-state index contributed by atoms with van der Waals surface area (Å²) in [5, 5.41) is 2.78. The summed E-state index contributed by atoms with van der Waals surface area (Å²) in [4.78, 5) is 24.4. The van der Waals surface area contributed by atoms with Crippen LogP contribution in [0.3, 0.4) is 0 Å². The number of carbonyl (C=O) groups is 2. The number of anilines is 1. The van der Waals surface area contributed by atoms with Crippen molar-refractivity contribution < 1.29 is 9.59 Å². The van der Waals surface area contributed by atoms with E-state index in [1.165, 1.54) is 18.2 Å². The van der Waals surface area contributed by atoms with Crippen molar-refractivity contribution in [2.45, 2.75) is 26.2 Å². The normalized spacial score (nSPS) is 13.2. The monoisotopic (exact) mass is 260 g/mol. The highest BCUT2D eigenvalue weighted by atomic mass is 16.2. The van der Waals surface area contributed by atoms with E-state index in [-0.39, 0.29) is 18.1 Å². The van der Waals surface area contributed by atoms with Crippen LogP contribution >= 0.6 is 0 Å². The molecule has 1 N–H and O–H groups in total. The van der Waals surface area contributed by atoms with Gasteiger partial charge in [-0.05, 0) is 31.4 Å². The first kappa shape index (κ1) is 13.6. The van der Waals surface area contributed by atoms with Crippen LogP contribution in [0.4, 0.5) is 5.69 Å². The van der Waals surface area contributed by atoms with Gasteiger partial charge in [-0.15, -0.1) is 0 Å². The number of hydrogen-bond donors (Lipinski definition) is 1. The van der Waals surface area contributed by atoms with Gasteiger partial charge < -0.3 is 10.2 Å². The number of nitrogens with zero attached hydrogens (tertiary/aromatic N) is 1. The Labute approximate surface area is 113 Å². The molecule has 0 aliphatic carbocycles. The van der Waals surface area contributed by atoms with Crippen LogP contribution in [0.15, 0.2) is 24.3 Å². The van der Waals surface area contributed by atoms with Crippen LogP contribution in [0, 0.1) is 0 Å². The smallest absolute Gasteiger partial charge is 0.227 e. The van der Waals surface area contributed by atoms with E-state index in [1.54, 1.807) is 0 Å². The van der Waals surface area contributed by atoms with Crippen LogP contribution in [0.2, 0.25) is 0 Å². The van der Waals surface area contributed by atoms with Crippen LogP contribution in [-0.4, -0.2) is 31.3 Å². The second-order valence-corrected chi connectivity index (χ2v) is 4.95. The molecule has 0 radical (unpaired) electrons. The fourth-order valence-electron chi connectivity index (χ4n) is 2.43. The van der Waals surface area contributed by atoms with Gasteiger partial charge in [0.05, 0.1) is 6.42 Å². The molecular weight excluding hydrogens is 240 g/mol. The first-order valence-corrected chi connectivity index (χ1v) is 6.76. The molecule has 0 bridgehead atoms. The Morgan fingerprint density at radius 1 is 1.32 bits per heavy atom. The van der Waals surface area contributed by atoms with Crippen molar-refractivity contribution in [1.82, 2.24) is 5.32 Å². The van der Waals surface area contributed by atoms with E-state index in [1.807, 2.05) is 0 Å². The van der Waals surface area contributed by atoms with Gasteiger partial charge in [0.25, 0.3) is 0 Å². The van der Waals surface area contributed by atoms with E-state index in [4.69, 9.17) is 0 Å². The maximum Gasteiger partial charge on any atom is 0.227 e. The van der Waals surface area contributed by atoms with Gasteiger partial charge in [0.15, 0.2) is 0 Å². The van der Waals surface area contributed by atoms with Crippen molar-refractivity contribution in [2.75, 3.05) is 24.5 Å². The average molecular weight is 260 g/mol. The Balaban J connectivity index is 1.70. The third-order valence-electron chi connectivity index (χ3n) is 3.32. The minimum Gasteiger partial charge on any atom is -0.371 e. The number of hydrogen-bond acceptors (Lipinski definition) is 3. The summed E-state index contributed by atoms with van der Waals surface area (Å²) in [5.41, 5.74) is 2.72. The first-order chi connectivity index (χ1) is 9.16. The van der Waals surface area contributed by atoms with Gasteiger partial charge in [0.1, 0.15) is 5.78 Å². The second-order valence-electron chi connectivity index (χ2n) is 4.95. The van der Waals surface area contributed by atoms with E-state index in [0.29, 0.717) is 6.54 Å². The molecule has 1 aromatic carbocycles. The highest BCUT2D eigenvalue weighted by Crippen LogP contribution is 2.27. The number of carbonyl (C=O) groups excluding carboxylic acids is 2. The van der Waals surface area contributed by atoms with Gasteiger partial charge in [-0.2, -0.15) is 0 Å². The summed E-state index contributed by atoms with van der Waals surface area (Å²) >= 11 is 0. The molecule has 1 amide bonds. The van der Waals surface area contributed by atoms with Gasteiger partial charge >= 0.3 is 0 Å². The standard InChI is InChI=1S/C15H20N2O2/c1-12(18)11-15(19)16-8-4-9-17-10-7-13-5-2-3-6-14(13)17/h2-3,5-6H,4,7-11H2,1H3,(H,16,19). The lowest BCUT2D eigenvalue weighted by molar-refractivity contribution is -0.127. The molecule has 0 saturated heterocycles. The molecule has 4 nitrogen and oxygen atoms in total. The summed E-state index contributed by atoms with van der Waals surface area (Å²) in [5.74, 6) is -0.264. The molecule has 1 aromatic rings. The second kappa shape index (κ2) is 6.36. The SMILES string of the molecule is CC(=O)CC(=O)NCCCN1CCc2ccccc21. The molecule has 1 heterocycles. The fourth-order valence-corrected chi connectivity index (χ4v) is 2.43. The largest absolute Gasteiger partial charge is 0.371 e. The molecule has 102 valence electrons. The van der Waals surface area contributed by atoms with Crippen LogP contribution in [-0.2, 0) is 16.0 Å². The van der Waals surface area contributed by atoms with Crippen LogP contribution in [0.1, 0.15) is 25.3 Å². The number of benzene rings is 1. The molecular formula is C15H20N2O2. The summed E-state index contributed by atoms with van der Waals surface area (Å²) in [7, 11) is 0. The van der Waals surface area contributed by atoms with Crippen LogP contribution in [0.25, 0.3) is 0 Å². The third-order valence-corrected chi connectivity index (χ3v) is 3.32. The Morgan fingerprint density at radius 2 is 2.11 bits per heavy atom. The minimum absolute atomic E-state index is 0.00739. The number of amides is 1. The first-order valence-electron chi connectivity index (χ1n) is 6.76. The quantitative estimate of drug-likeness (QED) is 0.623. The molecule has 0 spiro atoms. The predicted molar refractivity (Wildman–Crippen MR) is 75.3 cm³/mol. The number of rotatable bonds is 6. The van der Waals surface area contributed by atoms with Gasteiger partial charge in [0.2, 0.25) is 5.91 Å². The van der Waals surface area contributed by atoms with Gasteiger partial charge in [-0.1, -0.05) is 18.2 Å². The molecule has 0 fully saturated rings. The molecule has 4 heteroatoms. The number of fused-ring (bicyclic) bond motifs is 1. The summed E-state index contributed by atoms with van der Waals surface area (Å²) in [6, 6.07) is 8.46. The zero-order chi connectivity index (χ0) is 13.7. The van der Waals surface area contributed by atoms with Crippen molar-refractivity contribution in [2.24, 2.45) is 0 Å². The lowest BCUT2D eigenvalue weighted by atomic mass is 10.2. The Morgan fingerprint density at radius 3 is 2.89 bits per heavy atom. The summed E-state index contributed by atoms with van der Waals surface area (Å²) in [6.07, 6.45) is 2.00. The number of nitrogens with one attached hydrogen (secondary N) is 1. The van der Waals surface area contributed by atoms with E-state index >= 15 is 0 Å². The third kappa shape index (κ3) is 3.81. The van der Waals surface area contributed by atoms with E-state index in [0.717, 1.165) is 25.9 Å². The summed E-state index contributed by atoms with van der Waals surface area (Å²) in [6.45, 7) is 4.06. The maximum atomic E-state index is 11.3. The van der Waals surface area contributed by atoms with E-state index in [9.17, 15) is 9.59 Å². The van der Waals surface area contributed by atoms with Crippen LogP contribution < -0.4 is 10.2 Å². The number of para-hydroxylation sites is 1. The zero-order valence-corrected chi connectivity index (χ0v) is 11.3. The molecule has 0 unspecified atom stereocenters. The topological polar surface area (TPSA) is 49.4 Å². The van der Waals surface area contributed by atoms with Crippen molar-refractivity contribution in [3.8, 4) is 0 Å².